The van der Waals surface area contributed by atoms with Crippen LogP contribution in [-0.4, -0.2) is 22.8 Å². The number of para-hydroxylation sites is 2. The molecule has 3 rings (SSSR count). The molecule has 0 spiro atoms. The van der Waals surface area contributed by atoms with Crippen molar-refractivity contribution in [3.8, 4) is 11.4 Å². The molecule has 3 aromatic rings. The topological polar surface area (TPSA) is 56.1 Å². The molecule has 1 heterocycles. The quantitative estimate of drug-likeness (QED) is 0.784. The van der Waals surface area contributed by atoms with Gasteiger partial charge in [-0.2, -0.15) is 5.10 Å². The number of anilines is 1. The lowest BCUT2D eigenvalue weighted by molar-refractivity contribution is 0.102. The number of halogens is 1. The van der Waals surface area contributed by atoms with Crippen LogP contribution in [0.2, 0.25) is 0 Å². The van der Waals surface area contributed by atoms with Crippen molar-refractivity contribution in [1.29, 1.82) is 0 Å². The van der Waals surface area contributed by atoms with Gasteiger partial charge in [0, 0.05) is 11.8 Å². The Hall–Kier alpha value is -3.15. The third kappa shape index (κ3) is 3.38. The fourth-order valence-electron chi connectivity index (χ4n) is 2.63. The molecule has 1 amide bonds. The lowest BCUT2D eigenvalue weighted by Crippen LogP contribution is -2.16. The zero-order valence-electron chi connectivity index (χ0n) is 14.2. The second kappa shape index (κ2) is 6.76. The molecule has 0 bridgehead atoms. The summed E-state index contributed by atoms with van der Waals surface area (Å²) in [5.74, 6) is -0.813. The largest absolute Gasteiger partial charge is 0.497 e. The molecule has 0 saturated heterocycles. The van der Waals surface area contributed by atoms with Gasteiger partial charge in [-0.25, -0.2) is 9.07 Å². The van der Waals surface area contributed by atoms with Crippen LogP contribution >= 0.6 is 0 Å². The number of aryl methyl sites for hydroxylation is 2. The summed E-state index contributed by atoms with van der Waals surface area (Å²) < 4.78 is 20.8. The maximum absolute atomic E-state index is 14.1. The Morgan fingerprint density at radius 2 is 1.92 bits per heavy atom. The number of rotatable bonds is 4. The summed E-state index contributed by atoms with van der Waals surface area (Å²) in [6.45, 7) is 3.83. The number of hydrogen-bond acceptors (Lipinski definition) is 3. The van der Waals surface area contributed by atoms with Crippen LogP contribution in [-0.2, 0) is 0 Å². The fourth-order valence-corrected chi connectivity index (χ4v) is 2.63. The first-order valence-electron chi connectivity index (χ1n) is 7.77. The zero-order chi connectivity index (χ0) is 18.0. The molecule has 2 aromatic carbocycles. The summed E-state index contributed by atoms with van der Waals surface area (Å²) in [4.78, 5) is 12.5. The van der Waals surface area contributed by atoms with E-state index in [2.05, 4.69) is 10.4 Å². The van der Waals surface area contributed by atoms with E-state index >= 15 is 0 Å². The number of methoxy groups -OCH3 is 1. The van der Waals surface area contributed by atoms with Crippen LogP contribution in [0.4, 0.5) is 10.1 Å². The molecule has 6 heteroatoms. The third-order valence-corrected chi connectivity index (χ3v) is 3.81. The van der Waals surface area contributed by atoms with Gasteiger partial charge in [0.1, 0.15) is 11.6 Å². The maximum atomic E-state index is 14.1. The summed E-state index contributed by atoms with van der Waals surface area (Å²) >= 11 is 0. The maximum Gasteiger partial charge on any atom is 0.258 e. The van der Waals surface area contributed by atoms with Crippen molar-refractivity contribution in [2.45, 2.75) is 13.8 Å². The fraction of sp³-hybridized carbons (Fsp3) is 0.158. The molecule has 0 unspecified atom stereocenters. The number of carbonyl (C=O) groups excluding carboxylic acids is 1. The van der Waals surface area contributed by atoms with Crippen LogP contribution in [0, 0.1) is 19.7 Å². The predicted octanol–water partition coefficient (Wildman–Crippen LogP) is 3.89. The summed E-state index contributed by atoms with van der Waals surface area (Å²) in [5.41, 5.74) is 3.03. The Labute approximate surface area is 145 Å². The normalized spacial score (nSPS) is 10.6. The Morgan fingerprint density at radius 1 is 1.16 bits per heavy atom. The minimum atomic E-state index is -0.638. The van der Waals surface area contributed by atoms with Crippen molar-refractivity contribution in [1.82, 2.24) is 9.78 Å². The van der Waals surface area contributed by atoms with Crippen LogP contribution in [0.15, 0.2) is 48.5 Å². The molecule has 0 aliphatic carbocycles. The molecule has 1 aromatic heterocycles. The highest BCUT2D eigenvalue weighted by Gasteiger charge is 2.16. The number of nitrogens with zero attached hydrogens (tertiary/aromatic N) is 2. The lowest BCUT2D eigenvalue weighted by atomic mass is 10.1. The Kier molecular flexibility index (Phi) is 4.52. The molecule has 0 saturated carbocycles. The molecule has 1 N–H and O–H groups in total. The predicted molar refractivity (Wildman–Crippen MR) is 93.9 cm³/mol. The molecule has 25 heavy (non-hydrogen) atoms. The summed E-state index contributed by atoms with van der Waals surface area (Å²) in [5, 5.41) is 7.20. The number of hydrogen-bond donors (Lipinski definition) is 1. The number of amides is 1. The van der Waals surface area contributed by atoms with Crippen molar-refractivity contribution < 1.29 is 13.9 Å². The SMILES string of the molecule is COc1ccc(C(=O)Nc2ccccc2-n2nc(C)cc2C)c(F)c1. The molecular weight excluding hydrogens is 321 g/mol. The highest BCUT2D eigenvalue weighted by molar-refractivity contribution is 6.05. The third-order valence-electron chi connectivity index (χ3n) is 3.81. The van der Waals surface area contributed by atoms with Gasteiger partial charge in [-0.15, -0.1) is 0 Å². The minimum Gasteiger partial charge on any atom is -0.497 e. The highest BCUT2D eigenvalue weighted by atomic mass is 19.1. The first kappa shape index (κ1) is 16.7. The minimum absolute atomic E-state index is 0.0519. The van der Waals surface area contributed by atoms with Gasteiger partial charge in [0.25, 0.3) is 5.91 Å². The second-order valence-electron chi connectivity index (χ2n) is 5.66. The molecule has 0 atom stereocenters. The van der Waals surface area contributed by atoms with Crippen LogP contribution in [0.5, 0.6) is 5.75 Å². The molecule has 0 radical (unpaired) electrons. The number of carbonyl (C=O) groups is 1. The van der Waals surface area contributed by atoms with Crippen LogP contribution in [0.25, 0.3) is 5.69 Å². The molecule has 128 valence electrons. The smallest absolute Gasteiger partial charge is 0.258 e. The van der Waals surface area contributed by atoms with E-state index in [1.807, 2.05) is 32.0 Å². The van der Waals surface area contributed by atoms with E-state index in [0.717, 1.165) is 17.1 Å². The summed E-state index contributed by atoms with van der Waals surface area (Å²) in [6, 6.07) is 13.3. The van der Waals surface area contributed by atoms with Crippen molar-refractivity contribution >= 4 is 11.6 Å². The number of aromatic nitrogens is 2. The van der Waals surface area contributed by atoms with E-state index < -0.39 is 11.7 Å². The van der Waals surface area contributed by atoms with E-state index in [0.29, 0.717) is 11.4 Å². The number of benzene rings is 2. The lowest BCUT2D eigenvalue weighted by Gasteiger charge is -2.13. The van der Waals surface area contributed by atoms with Gasteiger partial charge in [-0.3, -0.25) is 4.79 Å². The standard InChI is InChI=1S/C19H18FN3O2/c1-12-10-13(2)23(22-12)18-7-5-4-6-17(18)21-19(24)15-9-8-14(25-3)11-16(15)20/h4-11H,1-3H3,(H,21,24). The Morgan fingerprint density at radius 3 is 2.56 bits per heavy atom. The van der Waals surface area contributed by atoms with Crippen molar-refractivity contribution in [2.75, 3.05) is 12.4 Å². The molecule has 0 fully saturated rings. The van der Waals surface area contributed by atoms with Crippen LogP contribution in [0.3, 0.4) is 0 Å². The Balaban J connectivity index is 1.94. The Bertz CT molecular complexity index is 934. The van der Waals surface area contributed by atoms with Gasteiger partial charge < -0.3 is 10.1 Å². The average molecular weight is 339 g/mol. The van der Waals surface area contributed by atoms with Gasteiger partial charge in [0.15, 0.2) is 0 Å². The van der Waals surface area contributed by atoms with Gasteiger partial charge >= 0.3 is 0 Å². The van der Waals surface area contributed by atoms with Gasteiger partial charge in [-0.05, 0) is 44.2 Å². The van der Waals surface area contributed by atoms with E-state index in [9.17, 15) is 9.18 Å². The van der Waals surface area contributed by atoms with Gasteiger partial charge in [-0.1, -0.05) is 12.1 Å². The summed E-state index contributed by atoms with van der Waals surface area (Å²) in [6.07, 6.45) is 0. The van der Waals surface area contributed by atoms with E-state index in [-0.39, 0.29) is 5.56 Å². The molecule has 0 aliphatic heterocycles. The van der Waals surface area contributed by atoms with E-state index in [1.54, 1.807) is 22.9 Å². The van der Waals surface area contributed by atoms with Crippen LogP contribution in [0.1, 0.15) is 21.7 Å². The van der Waals surface area contributed by atoms with Gasteiger partial charge in [0.05, 0.1) is 29.7 Å². The van der Waals surface area contributed by atoms with E-state index in [1.165, 1.54) is 19.2 Å². The van der Waals surface area contributed by atoms with Gasteiger partial charge in [0.2, 0.25) is 0 Å². The molecule has 5 nitrogen and oxygen atoms in total. The molecule has 0 aliphatic rings. The van der Waals surface area contributed by atoms with Crippen molar-refractivity contribution in [2.24, 2.45) is 0 Å². The van der Waals surface area contributed by atoms with Crippen molar-refractivity contribution in [3.63, 3.8) is 0 Å². The molecular formula is C19H18FN3O2. The first-order chi connectivity index (χ1) is 12.0. The highest BCUT2D eigenvalue weighted by Crippen LogP contribution is 2.23. The first-order valence-corrected chi connectivity index (χ1v) is 7.77. The van der Waals surface area contributed by atoms with E-state index in [4.69, 9.17) is 4.74 Å². The average Bonchev–Trinajstić information content (AvgIpc) is 2.93. The number of nitrogens with one attached hydrogen (secondary N) is 1. The zero-order valence-corrected chi connectivity index (χ0v) is 14.2. The van der Waals surface area contributed by atoms with Crippen LogP contribution < -0.4 is 10.1 Å². The summed E-state index contributed by atoms with van der Waals surface area (Å²) in [7, 11) is 1.44. The second-order valence-corrected chi connectivity index (χ2v) is 5.66. The number of ether oxygens (including phenoxy) is 1. The van der Waals surface area contributed by atoms with Crippen molar-refractivity contribution in [3.05, 3.63) is 71.3 Å². The monoisotopic (exact) mass is 339 g/mol.